The predicted octanol–water partition coefficient (Wildman–Crippen LogP) is 4.20. The Hall–Kier alpha value is -2.64. The number of benzene rings is 1. The molecule has 0 aliphatic heterocycles. The van der Waals surface area contributed by atoms with E-state index in [1.54, 1.807) is 36.0 Å². The summed E-state index contributed by atoms with van der Waals surface area (Å²) in [5.41, 5.74) is 1.59. The second-order valence-corrected chi connectivity index (χ2v) is 6.00. The van der Waals surface area contributed by atoms with Gasteiger partial charge >= 0.3 is 0 Å². The summed E-state index contributed by atoms with van der Waals surface area (Å²) in [7, 11) is 1.53. The van der Waals surface area contributed by atoms with Crippen LogP contribution in [0, 0.1) is 0 Å². The van der Waals surface area contributed by atoms with Crippen LogP contribution < -0.4 is 15.4 Å². The zero-order valence-corrected chi connectivity index (χ0v) is 14.2. The Morgan fingerprint density at radius 2 is 2.21 bits per heavy atom. The second kappa shape index (κ2) is 7.29. The molecule has 8 heteroatoms. The maximum atomic E-state index is 12.4. The van der Waals surface area contributed by atoms with E-state index < -0.39 is 0 Å². The van der Waals surface area contributed by atoms with Crippen molar-refractivity contribution in [3.8, 4) is 5.75 Å². The van der Waals surface area contributed by atoms with Crippen molar-refractivity contribution in [3.63, 3.8) is 0 Å². The van der Waals surface area contributed by atoms with Crippen molar-refractivity contribution < 1.29 is 9.53 Å². The highest BCUT2D eigenvalue weighted by Crippen LogP contribution is 2.28. The molecule has 0 aliphatic rings. The second-order valence-electron chi connectivity index (χ2n) is 4.70. The predicted molar refractivity (Wildman–Crippen MR) is 95.6 cm³/mol. The van der Waals surface area contributed by atoms with Gasteiger partial charge < -0.3 is 15.4 Å². The molecule has 0 aliphatic carbocycles. The van der Waals surface area contributed by atoms with Gasteiger partial charge in [0.2, 0.25) is 0 Å². The number of carbonyl (C=O) groups is 1. The Labute approximate surface area is 147 Å². The largest absolute Gasteiger partial charge is 0.495 e. The first-order valence-electron chi connectivity index (χ1n) is 6.93. The highest BCUT2D eigenvalue weighted by atomic mass is 35.5. The van der Waals surface area contributed by atoms with Crippen LogP contribution in [0.15, 0.2) is 48.1 Å². The van der Waals surface area contributed by atoms with E-state index in [1.807, 2.05) is 12.1 Å². The van der Waals surface area contributed by atoms with E-state index in [0.29, 0.717) is 27.3 Å². The van der Waals surface area contributed by atoms with Crippen molar-refractivity contribution >= 4 is 45.4 Å². The Morgan fingerprint density at radius 3 is 2.96 bits per heavy atom. The van der Waals surface area contributed by atoms with Gasteiger partial charge in [0.05, 0.1) is 24.7 Å². The van der Waals surface area contributed by atoms with E-state index in [2.05, 4.69) is 20.6 Å². The van der Waals surface area contributed by atoms with Crippen molar-refractivity contribution in [1.82, 2.24) is 9.97 Å². The summed E-state index contributed by atoms with van der Waals surface area (Å²) in [5.74, 6) is 0.183. The summed E-state index contributed by atoms with van der Waals surface area (Å²) in [4.78, 5) is 20.6. The zero-order valence-electron chi connectivity index (χ0n) is 12.6. The number of hydrogen-bond acceptors (Lipinski definition) is 6. The number of aromatic nitrogens is 2. The van der Waals surface area contributed by atoms with E-state index in [9.17, 15) is 4.79 Å². The molecular formula is C16H13ClN4O2S. The van der Waals surface area contributed by atoms with Crippen LogP contribution in [0.1, 0.15) is 10.5 Å². The summed E-state index contributed by atoms with van der Waals surface area (Å²) in [5, 5.41) is 8.62. The van der Waals surface area contributed by atoms with Crippen LogP contribution in [0.4, 0.5) is 16.5 Å². The Bertz CT molecular complexity index is 854. The monoisotopic (exact) mass is 360 g/mol. The third kappa shape index (κ3) is 3.81. The number of pyridine rings is 1. The molecule has 24 heavy (non-hydrogen) atoms. The summed E-state index contributed by atoms with van der Waals surface area (Å²) in [6.07, 6.45) is 3.36. The first-order chi connectivity index (χ1) is 11.7. The van der Waals surface area contributed by atoms with Crippen molar-refractivity contribution in [2.45, 2.75) is 0 Å². The van der Waals surface area contributed by atoms with E-state index in [0.717, 1.165) is 5.69 Å². The topological polar surface area (TPSA) is 76.1 Å². The van der Waals surface area contributed by atoms with Gasteiger partial charge in [-0.1, -0.05) is 11.6 Å². The van der Waals surface area contributed by atoms with Gasteiger partial charge in [0.15, 0.2) is 5.13 Å². The Morgan fingerprint density at radius 1 is 1.33 bits per heavy atom. The lowest BCUT2D eigenvalue weighted by Gasteiger charge is -2.09. The molecule has 1 amide bonds. The first-order valence-corrected chi connectivity index (χ1v) is 8.19. The summed E-state index contributed by atoms with van der Waals surface area (Å²) < 4.78 is 5.21. The molecule has 2 N–H and O–H groups in total. The number of amides is 1. The standard InChI is InChI=1S/C16H13ClN4O2S/c1-23-14-5-4-10(17)7-12(14)20-15(22)13-9-24-16(21-13)19-11-3-2-6-18-8-11/h2-9H,1H3,(H,19,21)(H,20,22). The quantitative estimate of drug-likeness (QED) is 0.713. The molecule has 0 saturated carbocycles. The molecule has 0 saturated heterocycles. The first kappa shape index (κ1) is 16.2. The summed E-state index contributed by atoms with van der Waals surface area (Å²) >= 11 is 7.29. The molecule has 1 aromatic carbocycles. The molecule has 0 atom stereocenters. The average molecular weight is 361 g/mol. The van der Waals surface area contributed by atoms with Gasteiger partial charge in [-0.25, -0.2) is 4.98 Å². The molecule has 3 rings (SSSR count). The lowest BCUT2D eigenvalue weighted by atomic mass is 10.3. The van der Waals surface area contributed by atoms with Crippen LogP contribution in [-0.2, 0) is 0 Å². The Balaban J connectivity index is 1.73. The molecule has 0 spiro atoms. The number of nitrogens with zero attached hydrogens (tertiary/aromatic N) is 2. The SMILES string of the molecule is COc1ccc(Cl)cc1NC(=O)c1csc(Nc2cccnc2)n1. The van der Waals surface area contributed by atoms with E-state index in [4.69, 9.17) is 16.3 Å². The van der Waals surface area contributed by atoms with Gasteiger partial charge in [-0.3, -0.25) is 9.78 Å². The maximum absolute atomic E-state index is 12.4. The third-order valence-corrected chi connectivity index (χ3v) is 4.05. The molecule has 0 fully saturated rings. The normalized spacial score (nSPS) is 10.2. The van der Waals surface area contributed by atoms with Crippen LogP contribution in [0.2, 0.25) is 5.02 Å². The minimum atomic E-state index is -0.342. The maximum Gasteiger partial charge on any atom is 0.275 e. The number of ether oxygens (including phenoxy) is 1. The highest BCUT2D eigenvalue weighted by molar-refractivity contribution is 7.14. The van der Waals surface area contributed by atoms with Crippen LogP contribution in [-0.4, -0.2) is 23.0 Å². The van der Waals surface area contributed by atoms with Crippen molar-refractivity contribution in [2.75, 3.05) is 17.7 Å². The highest BCUT2D eigenvalue weighted by Gasteiger charge is 2.14. The van der Waals surface area contributed by atoms with Crippen LogP contribution >= 0.6 is 22.9 Å². The van der Waals surface area contributed by atoms with Crippen molar-refractivity contribution in [3.05, 3.63) is 58.8 Å². The van der Waals surface area contributed by atoms with Crippen molar-refractivity contribution in [1.29, 1.82) is 0 Å². The molecule has 3 aromatic rings. The molecule has 6 nitrogen and oxygen atoms in total. The molecule has 0 radical (unpaired) electrons. The van der Waals surface area contributed by atoms with Gasteiger partial charge in [0.1, 0.15) is 11.4 Å². The van der Waals surface area contributed by atoms with Gasteiger partial charge in [-0.05, 0) is 30.3 Å². The van der Waals surface area contributed by atoms with Gasteiger partial charge in [-0.15, -0.1) is 11.3 Å². The summed E-state index contributed by atoms with van der Waals surface area (Å²) in [6.45, 7) is 0. The lowest BCUT2D eigenvalue weighted by Crippen LogP contribution is -2.13. The zero-order chi connectivity index (χ0) is 16.9. The number of rotatable bonds is 5. The van der Waals surface area contributed by atoms with Crippen molar-refractivity contribution in [2.24, 2.45) is 0 Å². The number of nitrogens with one attached hydrogen (secondary N) is 2. The molecule has 0 unspecified atom stereocenters. The molecule has 2 heterocycles. The number of thiazole rings is 1. The van der Waals surface area contributed by atoms with Crippen LogP contribution in [0.3, 0.4) is 0 Å². The van der Waals surface area contributed by atoms with E-state index in [-0.39, 0.29) is 5.91 Å². The van der Waals surface area contributed by atoms with Crippen LogP contribution in [0.25, 0.3) is 0 Å². The Kier molecular flexibility index (Phi) is 4.93. The minimum absolute atomic E-state index is 0.299. The number of carbonyl (C=O) groups excluding carboxylic acids is 1. The molecule has 122 valence electrons. The molecule has 0 bridgehead atoms. The summed E-state index contributed by atoms with van der Waals surface area (Å²) in [6, 6.07) is 8.68. The fourth-order valence-electron chi connectivity index (χ4n) is 1.96. The smallest absolute Gasteiger partial charge is 0.275 e. The average Bonchev–Trinajstić information content (AvgIpc) is 3.05. The molecular weight excluding hydrogens is 348 g/mol. The fourth-order valence-corrected chi connectivity index (χ4v) is 2.84. The molecule has 2 aromatic heterocycles. The fraction of sp³-hybridized carbons (Fsp3) is 0.0625. The number of halogens is 1. The number of hydrogen-bond donors (Lipinski definition) is 2. The van der Waals surface area contributed by atoms with E-state index >= 15 is 0 Å². The van der Waals surface area contributed by atoms with Crippen LogP contribution in [0.5, 0.6) is 5.75 Å². The number of methoxy groups -OCH3 is 1. The van der Waals surface area contributed by atoms with Gasteiger partial charge in [0, 0.05) is 16.6 Å². The minimum Gasteiger partial charge on any atom is -0.495 e. The number of anilines is 3. The van der Waals surface area contributed by atoms with Gasteiger partial charge in [-0.2, -0.15) is 0 Å². The van der Waals surface area contributed by atoms with E-state index in [1.165, 1.54) is 18.4 Å². The lowest BCUT2D eigenvalue weighted by molar-refractivity contribution is 0.102. The third-order valence-electron chi connectivity index (χ3n) is 3.06. The van der Waals surface area contributed by atoms with Gasteiger partial charge in [0.25, 0.3) is 5.91 Å².